The van der Waals surface area contributed by atoms with Crippen LogP contribution in [0.15, 0.2) is 77.7 Å². The smallest absolute Gasteiger partial charge is 0.261 e. The molecule has 1 aliphatic heterocycles. The molecule has 0 unspecified atom stereocenters. The number of aryl methyl sites for hydroxylation is 1. The molecular weight excluding hydrogens is 450 g/mol. The van der Waals surface area contributed by atoms with Crippen LogP contribution < -0.4 is 10.0 Å². The van der Waals surface area contributed by atoms with Gasteiger partial charge in [-0.2, -0.15) is 0 Å². The zero-order chi connectivity index (χ0) is 24.1. The summed E-state index contributed by atoms with van der Waals surface area (Å²) in [6, 6.07) is 19.7. The summed E-state index contributed by atoms with van der Waals surface area (Å²) >= 11 is 0. The van der Waals surface area contributed by atoms with Gasteiger partial charge in [-0.3, -0.25) is 14.3 Å². The zero-order valence-corrected chi connectivity index (χ0v) is 19.8. The Morgan fingerprint density at radius 1 is 0.765 bits per heavy atom. The molecule has 0 atom stereocenters. The Kier molecular flexibility index (Phi) is 6.98. The molecule has 7 nitrogen and oxygen atoms in total. The number of hydrogen-bond donors (Lipinski definition) is 2. The second kappa shape index (κ2) is 10.1. The summed E-state index contributed by atoms with van der Waals surface area (Å²) in [5.41, 5.74) is 2.05. The maximum atomic E-state index is 13.2. The Morgan fingerprint density at radius 3 is 2.03 bits per heavy atom. The highest BCUT2D eigenvalue weighted by atomic mass is 32.2. The number of likely N-dealkylation sites (tertiary alicyclic amines) is 1. The van der Waals surface area contributed by atoms with Gasteiger partial charge in [-0.05, 0) is 62.6 Å². The average molecular weight is 478 g/mol. The zero-order valence-electron chi connectivity index (χ0n) is 19.0. The number of carbonyl (C=O) groups is 2. The molecule has 0 aromatic heterocycles. The van der Waals surface area contributed by atoms with E-state index >= 15 is 0 Å². The Balaban J connectivity index is 1.57. The van der Waals surface area contributed by atoms with Crippen molar-refractivity contribution in [2.45, 2.75) is 31.1 Å². The van der Waals surface area contributed by atoms with Crippen LogP contribution in [0.5, 0.6) is 0 Å². The summed E-state index contributed by atoms with van der Waals surface area (Å²) in [7, 11) is -3.89. The number of sulfonamides is 1. The van der Waals surface area contributed by atoms with Crippen LogP contribution >= 0.6 is 0 Å². The van der Waals surface area contributed by atoms with Crippen LogP contribution in [0.2, 0.25) is 0 Å². The van der Waals surface area contributed by atoms with Gasteiger partial charge in [-0.1, -0.05) is 42.0 Å². The summed E-state index contributed by atoms with van der Waals surface area (Å²) in [4.78, 5) is 28.1. The number of amides is 2. The first-order valence-corrected chi connectivity index (χ1v) is 12.7. The van der Waals surface area contributed by atoms with Gasteiger partial charge in [-0.25, -0.2) is 8.42 Å². The standard InChI is InChI=1S/C26H27N3O4S/c1-19-13-15-20(16-14-19)34(32,33)28-24-12-6-3-9-21(24)25(30)27-23-11-5-4-10-22(23)26(31)29-17-7-2-8-18-29/h3-6,9-16,28H,2,7-8,17-18H2,1H3,(H,27,30). The normalized spacial score (nSPS) is 13.9. The highest BCUT2D eigenvalue weighted by molar-refractivity contribution is 7.92. The number of carbonyl (C=O) groups excluding carboxylic acids is 2. The van der Waals surface area contributed by atoms with Crippen LogP contribution in [0, 0.1) is 6.92 Å². The maximum absolute atomic E-state index is 13.2. The van der Waals surface area contributed by atoms with E-state index in [9.17, 15) is 18.0 Å². The molecule has 0 aliphatic carbocycles. The van der Waals surface area contributed by atoms with Crippen molar-refractivity contribution in [1.82, 2.24) is 4.90 Å². The van der Waals surface area contributed by atoms with Gasteiger partial charge in [-0.15, -0.1) is 0 Å². The fourth-order valence-electron chi connectivity index (χ4n) is 3.93. The Labute approximate surface area is 199 Å². The fraction of sp³-hybridized carbons (Fsp3) is 0.231. The van der Waals surface area contributed by atoms with E-state index in [1.54, 1.807) is 53.4 Å². The third-order valence-electron chi connectivity index (χ3n) is 5.80. The van der Waals surface area contributed by atoms with Crippen LogP contribution in [0.3, 0.4) is 0 Å². The molecule has 8 heteroatoms. The van der Waals surface area contributed by atoms with Crippen molar-refractivity contribution >= 4 is 33.2 Å². The molecule has 0 radical (unpaired) electrons. The van der Waals surface area contributed by atoms with E-state index in [-0.39, 0.29) is 22.1 Å². The molecule has 4 rings (SSSR count). The lowest BCUT2D eigenvalue weighted by molar-refractivity contribution is 0.0725. The molecule has 176 valence electrons. The molecule has 0 saturated carbocycles. The van der Waals surface area contributed by atoms with Crippen LogP contribution in [0.4, 0.5) is 11.4 Å². The molecule has 3 aromatic carbocycles. The largest absolute Gasteiger partial charge is 0.339 e. The van der Waals surface area contributed by atoms with Crippen molar-refractivity contribution in [2.24, 2.45) is 0 Å². The SMILES string of the molecule is Cc1ccc(S(=O)(=O)Nc2ccccc2C(=O)Nc2ccccc2C(=O)N2CCCCC2)cc1. The molecule has 2 amide bonds. The molecule has 2 N–H and O–H groups in total. The highest BCUT2D eigenvalue weighted by Crippen LogP contribution is 2.24. The molecule has 1 aliphatic rings. The van der Waals surface area contributed by atoms with E-state index in [1.807, 2.05) is 6.92 Å². The topological polar surface area (TPSA) is 95.6 Å². The van der Waals surface area contributed by atoms with Crippen molar-refractivity contribution in [1.29, 1.82) is 0 Å². The number of benzene rings is 3. The van der Waals surface area contributed by atoms with Crippen LogP contribution in [0.25, 0.3) is 0 Å². The summed E-state index contributed by atoms with van der Waals surface area (Å²) in [5.74, 6) is -0.634. The third kappa shape index (κ3) is 5.28. The van der Waals surface area contributed by atoms with Gasteiger partial charge in [0.25, 0.3) is 21.8 Å². The number of nitrogens with one attached hydrogen (secondary N) is 2. The number of para-hydroxylation sites is 2. The maximum Gasteiger partial charge on any atom is 0.261 e. The van der Waals surface area contributed by atoms with Crippen molar-refractivity contribution in [3.05, 3.63) is 89.5 Å². The first-order valence-electron chi connectivity index (χ1n) is 11.2. The molecule has 34 heavy (non-hydrogen) atoms. The lowest BCUT2D eigenvalue weighted by Gasteiger charge is -2.27. The third-order valence-corrected chi connectivity index (χ3v) is 7.18. The minimum atomic E-state index is -3.89. The summed E-state index contributed by atoms with van der Waals surface area (Å²) in [6.07, 6.45) is 3.04. The molecule has 0 bridgehead atoms. The van der Waals surface area contributed by atoms with Crippen molar-refractivity contribution in [2.75, 3.05) is 23.1 Å². The minimum absolute atomic E-state index is 0.103. The van der Waals surface area contributed by atoms with Crippen molar-refractivity contribution in [3.63, 3.8) is 0 Å². The molecule has 1 saturated heterocycles. The van der Waals surface area contributed by atoms with Gasteiger partial charge in [0.05, 0.1) is 27.4 Å². The van der Waals surface area contributed by atoms with E-state index < -0.39 is 15.9 Å². The van der Waals surface area contributed by atoms with E-state index in [4.69, 9.17) is 0 Å². The molecule has 0 spiro atoms. The summed E-state index contributed by atoms with van der Waals surface area (Å²) < 4.78 is 28.3. The van der Waals surface area contributed by atoms with E-state index in [1.165, 1.54) is 24.3 Å². The number of rotatable bonds is 6. The second-order valence-corrected chi connectivity index (χ2v) is 10.00. The van der Waals surface area contributed by atoms with Gasteiger partial charge in [0.1, 0.15) is 0 Å². The van der Waals surface area contributed by atoms with E-state index in [0.29, 0.717) is 24.3 Å². The Hall–Kier alpha value is -3.65. The fourth-order valence-corrected chi connectivity index (χ4v) is 5.01. The Bertz CT molecular complexity index is 1300. The van der Waals surface area contributed by atoms with Crippen LogP contribution in [-0.4, -0.2) is 38.2 Å². The molecule has 1 heterocycles. The van der Waals surface area contributed by atoms with Gasteiger partial charge in [0.15, 0.2) is 0 Å². The minimum Gasteiger partial charge on any atom is -0.339 e. The van der Waals surface area contributed by atoms with Gasteiger partial charge in [0.2, 0.25) is 0 Å². The van der Waals surface area contributed by atoms with Crippen molar-refractivity contribution in [3.8, 4) is 0 Å². The lowest BCUT2D eigenvalue weighted by Crippen LogP contribution is -2.36. The number of anilines is 2. The average Bonchev–Trinajstić information content (AvgIpc) is 2.85. The molecule has 1 fully saturated rings. The van der Waals surface area contributed by atoms with Crippen molar-refractivity contribution < 1.29 is 18.0 Å². The van der Waals surface area contributed by atoms with E-state index in [2.05, 4.69) is 10.0 Å². The van der Waals surface area contributed by atoms with Gasteiger partial charge < -0.3 is 10.2 Å². The first kappa shape index (κ1) is 23.5. The molecular formula is C26H27N3O4S. The number of nitrogens with zero attached hydrogens (tertiary/aromatic N) is 1. The Morgan fingerprint density at radius 2 is 1.35 bits per heavy atom. The lowest BCUT2D eigenvalue weighted by atomic mass is 10.1. The number of piperidine rings is 1. The summed E-state index contributed by atoms with van der Waals surface area (Å²) in [5, 5.41) is 2.80. The monoisotopic (exact) mass is 477 g/mol. The molecule has 3 aromatic rings. The first-order chi connectivity index (χ1) is 16.3. The number of hydrogen-bond acceptors (Lipinski definition) is 4. The van der Waals surface area contributed by atoms with E-state index in [0.717, 1.165) is 24.8 Å². The van der Waals surface area contributed by atoms with Crippen LogP contribution in [-0.2, 0) is 10.0 Å². The van der Waals surface area contributed by atoms with Gasteiger partial charge >= 0.3 is 0 Å². The highest BCUT2D eigenvalue weighted by Gasteiger charge is 2.23. The summed E-state index contributed by atoms with van der Waals surface area (Å²) in [6.45, 7) is 3.27. The van der Waals surface area contributed by atoms with Crippen LogP contribution in [0.1, 0.15) is 45.5 Å². The second-order valence-electron chi connectivity index (χ2n) is 8.32. The van der Waals surface area contributed by atoms with Gasteiger partial charge in [0, 0.05) is 13.1 Å². The predicted octanol–water partition coefficient (Wildman–Crippen LogP) is 4.67. The quantitative estimate of drug-likeness (QED) is 0.539. The predicted molar refractivity (Wildman–Crippen MR) is 133 cm³/mol.